The Morgan fingerprint density at radius 2 is 1.76 bits per heavy atom. The first-order valence-electron chi connectivity index (χ1n) is 9.51. The van der Waals surface area contributed by atoms with Gasteiger partial charge in [-0.1, -0.05) is 58.3 Å². The molecule has 1 rings (SSSR count). The summed E-state index contributed by atoms with van der Waals surface area (Å²) in [5.41, 5.74) is 0.791. The van der Waals surface area contributed by atoms with E-state index in [4.69, 9.17) is 4.74 Å². The Morgan fingerprint density at radius 3 is 2.32 bits per heavy atom. The lowest BCUT2D eigenvalue weighted by Crippen LogP contribution is -2.43. The summed E-state index contributed by atoms with van der Waals surface area (Å²) in [6.07, 6.45) is 14.9. The van der Waals surface area contributed by atoms with Crippen LogP contribution in [0.4, 0.5) is 0 Å². The Bertz CT molecular complexity index is 474. The van der Waals surface area contributed by atoms with Gasteiger partial charge in [-0.15, -0.1) is 0 Å². The van der Waals surface area contributed by atoms with Gasteiger partial charge in [0.15, 0.2) is 0 Å². The number of imidazole rings is 1. The zero-order valence-corrected chi connectivity index (χ0v) is 15.7. The summed E-state index contributed by atoms with van der Waals surface area (Å²) in [7, 11) is 1.33. The van der Waals surface area contributed by atoms with Crippen molar-refractivity contribution in [3.05, 3.63) is 18.2 Å². The van der Waals surface area contributed by atoms with Gasteiger partial charge in [-0.2, -0.15) is 0 Å². The molecular weight excluding hydrogens is 318 g/mol. The normalized spacial score (nSPS) is 11.9. The fourth-order valence-electron chi connectivity index (χ4n) is 2.81. The maximum atomic E-state index is 12.1. The van der Waals surface area contributed by atoms with E-state index < -0.39 is 12.0 Å². The van der Waals surface area contributed by atoms with Gasteiger partial charge in [-0.25, -0.2) is 9.78 Å². The Hall–Kier alpha value is -1.85. The lowest BCUT2D eigenvalue weighted by molar-refractivity contribution is -0.145. The lowest BCUT2D eigenvalue weighted by Gasteiger charge is -2.15. The number of aromatic amines is 1. The zero-order valence-electron chi connectivity index (χ0n) is 15.7. The number of nitrogens with zero attached hydrogens (tertiary/aromatic N) is 1. The monoisotopic (exact) mass is 351 g/mol. The maximum absolute atomic E-state index is 12.1. The summed E-state index contributed by atoms with van der Waals surface area (Å²) in [5, 5.41) is 2.77. The highest BCUT2D eigenvalue weighted by molar-refractivity contribution is 5.84. The Balaban J connectivity index is 2.16. The van der Waals surface area contributed by atoms with Crippen molar-refractivity contribution in [1.29, 1.82) is 0 Å². The second-order valence-corrected chi connectivity index (χ2v) is 6.50. The minimum absolute atomic E-state index is 0.0992. The third-order valence-electron chi connectivity index (χ3n) is 4.31. The van der Waals surface area contributed by atoms with Crippen LogP contribution in [0.5, 0.6) is 0 Å². The molecule has 142 valence electrons. The number of carbonyl (C=O) groups excluding carboxylic acids is 2. The van der Waals surface area contributed by atoms with Crippen LogP contribution in [-0.2, 0) is 20.7 Å². The maximum Gasteiger partial charge on any atom is 0.328 e. The Labute approximate surface area is 151 Å². The highest BCUT2D eigenvalue weighted by atomic mass is 16.5. The van der Waals surface area contributed by atoms with Gasteiger partial charge in [-0.3, -0.25) is 4.79 Å². The lowest BCUT2D eigenvalue weighted by atomic mass is 10.1. The van der Waals surface area contributed by atoms with Crippen molar-refractivity contribution in [2.75, 3.05) is 7.11 Å². The van der Waals surface area contributed by atoms with Crippen molar-refractivity contribution in [3.63, 3.8) is 0 Å². The SMILES string of the molecule is CCCCCCCCCCCC(=O)N[C@@H](Cc1cnc[nH]1)C(=O)OC. The number of amides is 1. The number of unbranched alkanes of at least 4 members (excludes halogenated alkanes) is 8. The van der Waals surface area contributed by atoms with E-state index in [2.05, 4.69) is 22.2 Å². The van der Waals surface area contributed by atoms with Crippen molar-refractivity contribution in [2.45, 2.75) is 83.6 Å². The summed E-state index contributed by atoms with van der Waals surface area (Å²) < 4.78 is 4.77. The molecule has 1 amide bonds. The molecule has 6 nitrogen and oxygen atoms in total. The van der Waals surface area contributed by atoms with E-state index in [-0.39, 0.29) is 5.91 Å². The smallest absolute Gasteiger partial charge is 0.328 e. The molecule has 0 aliphatic rings. The van der Waals surface area contributed by atoms with E-state index in [9.17, 15) is 9.59 Å². The first-order valence-corrected chi connectivity index (χ1v) is 9.51. The van der Waals surface area contributed by atoms with Gasteiger partial charge in [0.1, 0.15) is 6.04 Å². The van der Waals surface area contributed by atoms with Crippen LogP contribution in [-0.4, -0.2) is 35.0 Å². The average Bonchev–Trinajstić information content (AvgIpc) is 3.12. The molecule has 0 radical (unpaired) electrons. The summed E-state index contributed by atoms with van der Waals surface area (Å²) >= 11 is 0. The van der Waals surface area contributed by atoms with Crippen LogP contribution in [0.15, 0.2) is 12.5 Å². The van der Waals surface area contributed by atoms with Crippen LogP contribution in [0.2, 0.25) is 0 Å². The molecule has 1 heterocycles. The van der Waals surface area contributed by atoms with Gasteiger partial charge in [-0.05, 0) is 6.42 Å². The molecule has 0 saturated heterocycles. The van der Waals surface area contributed by atoms with Crippen molar-refractivity contribution < 1.29 is 14.3 Å². The van der Waals surface area contributed by atoms with Gasteiger partial charge < -0.3 is 15.0 Å². The number of ether oxygens (including phenoxy) is 1. The second kappa shape index (κ2) is 13.4. The van der Waals surface area contributed by atoms with Gasteiger partial charge in [0, 0.05) is 24.7 Å². The van der Waals surface area contributed by atoms with Gasteiger partial charge in [0.05, 0.1) is 13.4 Å². The van der Waals surface area contributed by atoms with Gasteiger partial charge in [0.25, 0.3) is 0 Å². The van der Waals surface area contributed by atoms with Gasteiger partial charge >= 0.3 is 5.97 Å². The second-order valence-electron chi connectivity index (χ2n) is 6.50. The van der Waals surface area contributed by atoms with E-state index in [0.29, 0.717) is 12.8 Å². The van der Waals surface area contributed by atoms with Crippen LogP contribution in [0.1, 0.15) is 76.8 Å². The fourth-order valence-corrected chi connectivity index (χ4v) is 2.81. The number of hydrogen-bond donors (Lipinski definition) is 2. The number of rotatable bonds is 14. The number of hydrogen-bond acceptors (Lipinski definition) is 4. The number of esters is 1. The Kier molecular flexibility index (Phi) is 11.4. The van der Waals surface area contributed by atoms with E-state index in [1.54, 1.807) is 12.5 Å². The highest BCUT2D eigenvalue weighted by Crippen LogP contribution is 2.10. The molecule has 25 heavy (non-hydrogen) atoms. The molecular formula is C19H33N3O3. The summed E-state index contributed by atoms with van der Waals surface area (Å²) in [6, 6.07) is -0.670. The molecule has 1 aromatic rings. The van der Waals surface area contributed by atoms with Gasteiger partial charge in [0.2, 0.25) is 5.91 Å². The molecule has 0 bridgehead atoms. The fraction of sp³-hybridized carbons (Fsp3) is 0.737. The van der Waals surface area contributed by atoms with Crippen molar-refractivity contribution in [2.24, 2.45) is 0 Å². The number of H-pyrrole nitrogens is 1. The first-order chi connectivity index (χ1) is 12.2. The van der Waals surface area contributed by atoms with E-state index in [1.165, 1.54) is 52.1 Å². The van der Waals surface area contributed by atoms with Crippen LogP contribution in [0.3, 0.4) is 0 Å². The summed E-state index contributed by atoms with van der Waals surface area (Å²) in [6.45, 7) is 2.23. The van der Waals surface area contributed by atoms with E-state index in [1.807, 2.05) is 0 Å². The van der Waals surface area contributed by atoms with Crippen LogP contribution >= 0.6 is 0 Å². The van der Waals surface area contributed by atoms with Crippen LogP contribution < -0.4 is 5.32 Å². The highest BCUT2D eigenvalue weighted by Gasteiger charge is 2.22. The molecule has 0 fully saturated rings. The third kappa shape index (κ3) is 9.89. The minimum Gasteiger partial charge on any atom is -0.467 e. The van der Waals surface area contributed by atoms with Crippen molar-refractivity contribution in [3.8, 4) is 0 Å². The molecule has 0 aliphatic carbocycles. The standard InChI is InChI=1S/C19H33N3O3/c1-3-4-5-6-7-8-9-10-11-12-18(23)22-17(19(24)25-2)13-16-14-20-15-21-16/h14-15,17H,3-13H2,1-2H3,(H,20,21)(H,22,23)/t17-/m0/s1. The molecule has 0 saturated carbocycles. The molecule has 0 aromatic carbocycles. The molecule has 1 aromatic heterocycles. The predicted octanol–water partition coefficient (Wildman–Crippen LogP) is 3.53. The van der Waals surface area contributed by atoms with Crippen molar-refractivity contribution in [1.82, 2.24) is 15.3 Å². The zero-order chi connectivity index (χ0) is 18.3. The quantitative estimate of drug-likeness (QED) is 0.397. The number of methoxy groups -OCH3 is 1. The molecule has 0 unspecified atom stereocenters. The van der Waals surface area contributed by atoms with Crippen LogP contribution in [0, 0.1) is 0 Å². The minimum atomic E-state index is -0.670. The largest absolute Gasteiger partial charge is 0.467 e. The Morgan fingerprint density at radius 1 is 1.12 bits per heavy atom. The molecule has 2 N–H and O–H groups in total. The first kappa shape index (κ1) is 21.2. The molecule has 0 aliphatic heterocycles. The number of nitrogens with one attached hydrogen (secondary N) is 2. The van der Waals surface area contributed by atoms with Crippen LogP contribution in [0.25, 0.3) is 0 Å². The number of carbonyl (C=O) groups is 2. The van der Waals surface area contributed by atoms with E-state index >= 15 is 0 Å². The summed E-state index contributed by atoms with van der Waals surface area (Å²) in [4.78, 5) is 30.7. The molecule has 6 heteroatoms. The third-order valence-corrected chi connectivity index (χ3v) is 4.31. The molecule has 0 spiro atoms. The average molecular weight is 351 g/mol. The topological polar surface area (TPSA) is 84.1 Å². The summed E-state index contributed by atoms with van der Waals surface area (Å²) in [5.74, 6) is -0.534. The number of aromatic nitrogens is 2. The molecule has 1 atom stereocenters. The van der Waals surface area contributed by atoms with E-state index in [0.717, 1.165) is 18.5 Å². The van der Waals surface area contributed by atoms with Crippen molar-refractivity contribution >= 4 is 11.9 Å². The predicted molar refractivity (Wildman–Crippen MR) is 98.1 cm³/mol.